The minimum atomic E-state index is -2.09. The molecule has 1 aliphatic heterocycles. The Kier molecular flexibility index (Phi) is 5.56. The summed E-state index contributed by atoms with van der Waals surface area (Å²) < 4.78 is 13.3. The number of nitrogens with two attached hydrogens (primary N) is 1. The topological polar surface area (TPSA) is 101 Å². The molecule has 0 bridgehead atoms. The number of nitrogens with zero attached hydrogens (tertiary/aromatic N) is 1. The molecule has 24 heavy (non-hydrogen) atoms. The van der Waals surface area contributed by atoms with Gasteiger partial charge in [-0.15, -0.1) is 0 Å². The second-order valence-corrected chi connectivity index (χ2v) is 6.26. The summed E-state index contributed by atoms with van der Waals surface area (Å²) in [5.41, 5.74) is 3.45. The number of carbonyl (C=O) groups excluding carboxylic acids is 3. The Morgan fingerprint density at radius 3 is 2.67 bits per heavy atom. The standard InChI is InChI=1S/C16H18ClFN2O4/c17-11-7-10(8-12(18)9-11)1-2-13(21)16(24)4-6-20(15(16)23)5-3-14(19)22/h7-9,24H,1-6H2,(H2,19,22). The molecule has 3 N–H and O–H groups in total. The van der Waals surface area contributed by atoms with Gasteiger partial charge in [0.25, 0.3) is 5.91 Å². The summed E-state index contributed by atoms with van der Waals surface area (Å²) in [6, 6.07) is 3.92. The highest BCUT2D eigenvalue weighted by Crippen LogP contribution is 2.26. The fraction of sp³-hybridized carbons (Fsp3) is 0.438. The molecule has 130 valence electrons. The van der Waals surface area contributed by atoms with Crippen LogP contribution in [0, 0.1) is 5.82 Å². The van der Waals surface area contributed by atoms with Gasteiger partial charge >= 0.3 is 0 Å². The maximum absolute atomic E-state index is 13.3. The lowest BCUT2D eigenvalue weighted by atomic mass is 9.92. The van der Waals surface area contributed by atoms with Gasteiger partial charge in [-0.25, -0.2) is 4.39 Å². The van der Waals surface area contributed by atoms with E-state index >= 15 is 0 Å². The van der Waals surface area contributed by atoms with Crippen LogP contribution >= 0.6 is 11.6 Å². The molecular weight excluding hydrogens is 339 g/mol. The van der Waals surface area contributed by atoms with Gasteiger partial charge < -0.3 is 15.7 Å². The molecule has 2 rings (SSSR count). The molecule has 0 saturated carbocycles. The van der Waals surface area contributed by atoms with E-state index in [1.54, 1.807) is 0 Å². The molecule has 8 heteroatoms. The zero-order chi connectivity index (χ0) is 17.9. The van der Waals surface area contributed by atoms with Gasteiger partial charge in [0.15, 0.2) is 5.78 Å². The lowest BCUT2D eigenvalue weighted by Gasteiger charge is -2.21. The summed E-state index contributed by atoms with van der Waals surface area (Å²) in [5, 5.41) is 10.6. The third-order valence-electron chi connectivity index (χ3n) is 4.04. The maximum Gasteiger partial charge on any atom is 0.262 e. The van der Waals surface area contributed by atoms with E-state index in [4.69, 9.17) is 17.3 Å². The van der Waals surface area contributed by atoms with Crippen LogP contribution in [0.1, 0.15) is 24.8 Å². The first-order valence-electron chi connectivity index (χ1n) is 7.50. The van der Waals surface area contributed by atoms with Crippen molar-refractivity contribution < 1.29 is 23.9 Å². The van der Waals surface area contributed by atoms with E-state index in [1.807, 2.05) is 0 Å². The molecule has 1 fully saturated rings. The average molecular weight is 357 g/mol. The van der Waals surface area contributed by atoms with E-state index in [0.29, 0.717) is 5.56 Å². The van der Waals surface area contributed by atoms with Crippen molar-refractivity contribution in [1.82, 2.24) is 4.90 Å². The summed E-state index contributed by atoms with van der Waals surface area (Å²) in [6.45, 7) is 0.253. The summed E-state index contributed by atoms with van der Waals surface area (Å²) in [5.74, 6) is -2.42. The van der Waals surface area contributed by atoms with Gasteiger partial charge in [-0.05, 0) is 30.2 Å². The summed E-state index contributed by atoms with van der Waals surface area (Å²) in [4.78, 5) is 36.5. The van der Waals surface area contributed by atoms with Crippen molar-refractivity contribution in [1.29, 1.82) is 0 Å². The molecule has 1 unspecified atom stereocenters. The molecule has 0 spiro atoms. The van der Waals surface area contributed by atoms with Crippen molar-refractivity contribution >= 4 is 29.2 Å². The van der Waals surface area contributed by atoms with E-state index < -0.39 is 29.0 Å². The van der Waals surface area contributed by atoms with Crippen molar-refractivity contribution in [2.24, 2.45) is 5.73 Å². The van der Waals surface area contributed by atoms with Crippen molar-refractivity contribution in [3.63, 3.8) is 0 Å². The van der Waals surface area contributed by atoms with E-state index in [9.17, 15) is 23.9 Å². The Morgan fingerprint density at radius 2 is 2.04 bits per heavy atom. The predicted octanol–water partition coefficient (Wildman–Crippen LogP) is 0.820. The summed E-state index contributed by atoms with van der Waals surface area (Å²) in [6.07, 6.45) is -0.0238. The van der Waals surface area contributed by atoms with E-state index in [-0.39, 0.29) is 43.8 Å². The highest BCUT2D eigenvalue weighted by molar-refractivity contribution is 6.30. The molecule has 0 aliphatic carbocycles. The monoisotopic (exact) mass is 356 g/mol. The Hall–Kier alpha value is -1.99. The SMILES string of the molecule is NC(=O)CCN1CCC(O)(C(=O)CCc2cc(F)cc(Cl)c2)C1=O. The van der Waals surface area contributed by atoms with Crippen LogP contribution in [0.25, 0.3) is 0 Å². The average Bonchev–Trinajstić information content (AvgIpc) is 2.78. The first-order valence-corrected chi connectivity index (χ1v) is 7.88. The molecule has 6 nitrogen and oxygen atoms in total. The highest BCUT2D eigenvalue weighted by Gasteiger charge is 2.50. The van der Waals surface area contributed by atoms with Crippen LogP contribution in [0.5, 0.6) is 0 Å². The number of ketones is 1. The lowest BCUT2D eigenvalue weighted by Crippen LogP contribution is -2.47. The van der Waals surface area contributed by atoms with E-state index in [1.165, 1.54) is 17.0 Å². The van der Waals surface area contributed by atoms with Crippen LogP contribution in [0.3, 0.4) is 0 Å². The van der Waals surface area contributed by atoms with E-state index in [2.05, 4.69) is 0 Å². The van der Waals surface area contributed by atoms with Gasteiger partial charge in [0.2, 0.25) is 11.5 Å². The number of rotatable bonds is 7. The number of primary amides is 1. The van der Waals surface area contributed by atoms with Crippen LogP contribution in [0.2, 0.25) is 5.02 Å². The normalized spacial score (nSPS) is 20.5. The number of hydrogen-bond acceptors (Lipinski definition) is 4. The number of benzene rings is 1. The van der Waals surface area contributed by atoms with Gasteiger partial charge in [-0.1, -0.05) is 11.6 Å². The Balaban J connectivity index is 1.98. The number of aryl methyl sites for hydroxylation is 1. The third kappa shape index (κ3) is 4.10. The third-order valence-corrected chi connectivity index (χ3v) is 4.26. The molecule has 1 heterocycles. The fourth-order valence-corrected chi connectivity index (χ4v) is 2.95. The van der Waals surface area contributed by atoms with Gasteiger partial charge in [-0.3, -0.25) is 14.4 Å². The zero-order valence-electron chi connectivity index (χ0n) is 12.9. The fourth-order valence-electron chi connectivity index (χ4n) is 2.70. The smallest absolute Gasteiger partial charge is 0.262 e. The Bertz CT molecular complexity index is 662. The Morgan fingerprint density at radius 1 is 1.33 bits per heavy atom. The van der Waals surface area contributed by atoms with Crippen molar-refractivity contribution in [3.05, 3.63) is 34.6 Å². The quantitative estimate of drug-likeness (QED) is 0.706. The number of hydrogen-bond donors (Lipinski definition) is 2. The summed E-state index contributed by atoms with van der Waals surface area (Å²) in [7, 11) is 0. The van der Waals surface area contributed by atoms with Gasteiger partial charge in [-0.2, -0.15) is 0 Å². The van der Waals surface area contributed by atoms with Crippen molar-refractivity contribution in [3.8, 4) is 0 Å². The van der Waals surface area contributed by atoms with Crippen molar-refractivity contribution in [2.75, 3.05) is 13.1 Å². The molecule has 0 radical (unpaired) electrons. The first-order chi connectivity index (χ1) is 11.2. The zero-order valence-corrected chi connectivity index (χ0v) is 13.7. The maximum atomic E-state index is 13.3. The first kappa shape index (κ1) is 18.4. The molecule has 2 amide bonds. The number of amides is 2. The molecule has 1 aromatic carbocycles. The highest BCUT2D eigenvalue weighted by atomic mass is 35.5. The second-order valence-electron chi connectivity index (χ2n) is 5.82. The largest absolute Gasteiger partial charge is 0.373 e. The molecule has 1 aliphatic rings. The van der Waals surface area contributed by atoms with Crippen LogP contribution in [-0.2, 0) is 20.8 Å². The number of aliphatic hydroxyl groups is 1. The summed E-state index contributed by atoms with van der Waals surface area (Å²) >= 11 is 5.75. The van der Waals surface area contributed by atoms with Crippen LogP contribution in [0.4, 0.5) is 4.39 Å². The number of likely N-dealkylation sites (tertiary alicyclic amines) is 1. The second kappa shape index (κ2) is 7.27. The minimum Gasteiger partial charge on any atom is -0.373 e. The minimum absolute atomic E-state index is 0.0300. The lowest BCUT2D eigenvalue weighted by molar-refractivity contribution is -0.153. The van der Waals surface area contributed by atoms with Gasteiger partial charge in [0.05, 0.1) is 0 Å². The van der Waals surface area contributed by atoms with Crippen LogP contribution in [-0.4, -0.2) is 46.3 Å². The Labute approximate surface area is 143 Å². The van der Waals surface area contributed by atoms with Crippen LogP contribution in [0.15, 0.2) is 18.2 Å². The number of Topliss-reactive ketones (excluding diaryl/α,β-unsaturated/α-hetero) is 1. The molecule has 1 saturated heterocycles. The van der Waals surface area contributed by atoms with Gasteiger partial charge in [0.1, 0.15) is 5.82 Å². The number of carbonyl (C=O) groups is 3. The molecule has 1 aromatic rings. The van der Waals surface area contributed by atoms with Crippen molar-refractivity contribution in [2.45, 2.75) is 31.3 Å². The molecule has 0 aromatic heterocycles. The number of halogens is 2. The van der Waals surface area contributed by atoms with E-state index in [0.717, 1.165) is 6.07 Å². The molecule has 1 atom stereocenters. The van der Waals surface area contributed by atoms with Crippen LogP contribution < -0.4 is 5.73 Å². The predicted molar refractivity (Wildman–Crippen MR) is 84.7 cm³/mol. The molecular formula is C16H18ClFN2O4. The van der Waals surface area contributed by atoms with Gasteiger partial charge in [0, 0.05) is 37.4 Å².